The molecule has 0 unspecified atom stereocenters. The van der Waals surface area contributed by atoms with E-state index >= 15 is 0 Å². The van der Waals surface area contributed by atoms with E-state index < -0.39 is 28.0 Å². The lowest BCUT2D eigenvalue weighted by Crippen LogP contribution is -2.26. The third-order valence-electron chi connectivity index (χ3n) is 4.85. The Morgan fingerprint density at radius 1 is 0.886 bits per heavy atom. The summed E-state index contributed by atoms with van der Waals surface area (Å²) in [5.41, 5.74) is 0.757. The molecule has 0 saturated carbocycles. The topological polar surface area (TPSA) is 94.2 Å². The number of hydrogen-bond donors (Lipinski definition) is 1. The van der Waals surface area contributed by atoms with Gasteiger partial charge in [0.2, 0.25) is 0 Å². The van der Waals surface area contributed by atoms with E-state index in [1.165, 1.54) is 75.9 Å². The van der Waals surface area contributed by atoms with Gasteiger partial charge in [-0.3, -0.25) is 9.10 Å². The maximum atomic E-state index is 13.0. The lowest BCUT2D eigenvalue weighted by molar-refractivity contribution is -0.274. The van der Waals surface area contributed by atoms with Crippen LogP contribution < -0.4 is 23.8 Å². The van der Waals surface area contributed by atoms with Crippen LogP contribution in [0.2, 0.25) is 0 Å². The van der Waals surface area contributed by atoms with Crippen LogP contribution in [0.3, 0.4) is 0 Å². The molecule has 35 heavy (non-hydrogen) atoms. The molecule has 12 heteroatoms. The number of nitrogens with one attached hydrogen (secondary N) is 1. The number of carbonyl (C=O) groups excluding carboxylic acids is 1. The Labute approximate surface area is 199 Å². The van der Waals surface area contributed by atoms with Gasteiger partial charge in [0.1, 0.15) is 5.75 Å². The van der Waals surface area contributed by atoms with Gasteiger partial charge in [-0.25, -0.2) is 8.42 Å². The van der Waals surface area contributed by atoms with Crippen LogP contribution in [0.5, 0.6) is 17.2 Å². The van der Waals surface area contributed by atoms with Crippen molar-refractivity contribution in [2.75, 3.05) is 30.9 Å². The standard InChI is InChI=1S/C23H21F3N2O6S/c1-28(35(30,31)19-12-13-20(32-2)21(14-19)33-3)17-8-4-15(5-9-17)22(29)27-16-6-10-18(11-7-16)34-23(24,25)26/h4-14H,1-3H3,(H,27,29). The Morgan fingerprint density at radius 2 is 1.49 bits per heavy atom. The largest absolute Gasteiger partial charge is 0.573 e. The predicted molar refractivity (Wildman–Crippen MR) is 123 cm³/mol. The zero-order valence-electron chi connectivity index (χ0n) is 18.8. The van der Waals surface area contributed by atoms with Gasteiger partial charge >= 0.3 is 6.36 Å². The maximum Gasteiger partial charge on any atom is 0.573 e. The second kappa shape index (κ2) is 10.1. The zero-order valence-corrected chi connectivity index (χ0v) is 19.6. The molecule has 0 aliphatic heterocycles. The number of halogens is 3. The van der Waals surface area contributed by atoms with Crippen molar-refractivity contribution < 1.29 is 40.6 Å². The quantitative estimate of drug-likeness (QED) is 0.473. The van der Waals surface area contributed by atoms with Gasteiger partial charge in [0.25, 0.3) is 15.9 Å². The Bertz CT molecular complexity index is 1290. The van der Waals surface area contributed by atoms with Crippen molar-refractivity contribution in [3.05, 3.63) is 72.3 Å². The first-order valence-corrected chi connectivity index (χ1v) is 11.4. The highest BCUT2D eigenvalue weighted by Crippen LogP contribution is 2.32. The number of carbonyl (C=O) groups is 1. The van der Waals surface area contributed by atoms with Gasteiger partial charge < -0.3 is 19.5 Å². The number of ether oxygens (including phenoxy) is 3. The molecule has 0 aliphatic rings. The Kier molecular flexibility index (Phi) is 7.44. The van der Waals surface area contributed by atoms with Crippen LogP contribution in [-0.2, 0) is 10.0 Å². The molecule has 0 bridgehead atoms. The number of benzene rings is 3. The lowest BCUT2D eigenvalue weighted by atomic mass is 10.2. The summed E-state index contributed by atoms with van der Waals surface area (Å²) >= 11 is 0. The van der Waals surface area contributed by atoms with Crippen molar-refractivity contribution in [2.24, 2.45) is 0 Å². The summed E-state index contributed by atoms with van der Waals surface area (Å²) in [4.78, 5) is 12.5. The first-order chi connectivity index (χ1) is 16.4. The molecule has 3 aromatic carbocycles. The zero-order chi connectivity index (χ0) is 25.8. The minimum absolute atomic E-state index is 0.0163. The predicted octanol–water partition coefficient (Wildman–Crippen LogP) is 4.68. The number of hydrogen-bond acceptors (Lipinski definition) is 6. The van der Waals surface area contributed by atoms with Gasteiger partial charge in [0.15, 0.2) is 11.5 Å². The molecule has 3 aromatic rings. The number of methoxy groups -OCH3 is 2. The fraction of sp³-hybridized carbons (Fsp3) is 0.174. The van der Waals surface area contributed by atoms with Crippen LogP contribution >= 0.6 is 0 Å². The molecule has 1 amide bonds. The minimum Gasteiger partial charge on any atom is -0.493 e. The van der Waals surface area contributed by atoms with E-state index in [0.717, 1.165) is 16.4 Å². The summed E-state index contributed by atoms with van der Waals surface area (Å²) < 4.78 is 78.0. The normalized spacial score (nSPS) is 11.5. The molecule has 0 heterocycles. The average molecular weight is 510 g/mol. The molecule has 0 aliphatic carbocycles. The smallest absolute Gasteiger partial charge is 0.493 e. The van der Waals surface area contributed by atoms with E-state index in [1.807, 2.05) is 0 Å². The molecule has 0 saturated heterocycles. The Morgan fingerprint density at radius 3 is 2.03 bits per heavy atom. The second-order valence-electron chi connectivity index (χ2n) is 7.06. The minimum atomic E-state index is -4.81. The van der Waals surface area contributed by atoms with E-state index in [1.54, 1.807) is 0 Å². The molecule has 3 rings (SSSR count). The third kappa shape index (κ3) is 6.15. The van der Waals surface area contributed by atoms with Gasteiger partial charge in [-0.1, -0.05) is 0 Å². The van der Waals surface area contributed by atoms with Crippen molar-refractivity contribution in [3.63, 3.8) is 0 Å². The summed E-state index contributed by atoms with van der Waals surface area (Å²) in [5.74, 6) is -0.316. The fourth-order valence-electron chi connectivity index (χ4n) is 3.04. The Balaban J connectivity index is 1.72. The van der Waals surface area contributed by atoms with Crippen molar-refractivity contribution >= 4 is 27.3 Å². The van der Waals surface area contributed by atoms with E-state index in [2.05, 4.69) is 10.1 Å². The van der Waals surface area contributed by atoms with E-state index in [9.17, 15) is 26.4 Å². The van der Waals surface area contributed by atoms with E-state index in [4.69, 9.17) is 9.47 Å². The molecule has 1 N–H and O–H groups in total. The summed E-state index contributed by atoms with van der Waals surface area (Å²) in [5, 5.41) is 2.54. The van der Waals surface area contributed by atoms with Crippen LogP contribution in [0.15, 0.2) is 71.6 Å². The van der Waals surface area contributed by atoms with Crippen LogP contribution in [-0.4, -0.2) is 42.0 Å². The van der Waals surface area contributed by atoms with Crippen molar-refractivity contribution in [2.45, 2.75) is 11.3 Å². The lowest BCUT2D eigenvalue weighted by Gasteiger charge is -2.20. The van der Waals surface area contributed by atoms with Crippen LogP contribution in [0.25, 0.3) is 0 Å². The van der Waals surface area contributed by atoms with Crippen molar-refractivity contribution in [1.29, 1.82) is 0 Å². The van der Waals surface area contributed by atoms with E-state index in [-0.39, 0.29) is 21.9 Å². The van der Waals surface area contributed by atoms with Gasteiger partial charge in [-0.15, -0.1) is 13.2 Å². The summed E-state index contributed by atoms with van der Waals surface area (Å²) in [6.07, 6.45) is -4.81. The number of rotatable bonds is 8. The Hall–Kier alpha value is -3.93. The van der Waals surface area contributed by atoms with Crippen molar-refractivity contribution in [1.82, 2.24) is 0 Å². The van der Waals surface area contributed by atoms with Gasteiger partial charge in [-0.05, 0) is 60.7 Å². The first-order valence-electron chi connectivity index (χ1n) is 9.93. The third-order valence-corrected chi connectivity index (χ3v) is 6.63. The van der Waals surface area contributed by atoms with E-state index in [0.29, 0.717) is 11.4 Å². The summed E-state index contributed by atoms with van der Waals surface area (Å²) in [7, 11) is 0.257. The molecule has 0 fully saturated rings. The monoisotopic (exact) mass is 510 g/mol. The fourth-order valence-corrected chi connectivity index (χ4v) is 4.25. The van der Waals surface area contributed by atoms with Crippen molar-refractivity contribution in [3.8, 4) is 17.2 Å². The second-order valence-corrected chi connectivity index (χ2v) is 9.03. The molecular weight excluding hydrogens is 489 g/mol. The van der Waals surface area contributed by atoms with Gasteiger partial charge in [0, 0.05) is 24.4 Å². The number of sulfonamides is 1. The molecule has 8 nitrogen and oxygen atoms in total. The molecule has 0 aromatic heterocycles. The highest BCUT2D eigenvalue weighted by molar-refractivity contribution is 7.92. The number of alkyl halides is 3. The van der Waals surface area contributed by atoms with Crippen LogP contribution in [0, 0.1) is 0 Å². The first kappa shape index (κ1) is 25.7. The summed E-state index contributed by atoms with van der Waals surface area (Å²) in [6, 6.07) is 14.6. The van der Waals surface area contributed by atoms with Crippen LogP contribution in [0.4, 0.5) is 24.5 Å². The highest BCUT2D eigenvalue weighted by Gasteiger charge is 2.31. The summed E-state index contributed by atoms with van der Waals surface area (Å²) in [6.45, 7) is 0. The van der Waals surface area contributed by atoms with Gasteiger partial charge in [0.05, 0.1) is 24.8 Å². The number of amides is 1. The number of nitrogens with zero attached hydrogens (tertiary/aromatic N) is 1. The molecule has 0 atom stereocenters. The van der Waals surface area contributed by atoms with Gasteiger partial charge in [-0.2, -0.15) is 0 Å². The molecule has 186 valence electrons. The molecule has 0 spiro atoms. The average Bonchev–Trinajstić information content (AvgIpc) is 2.83. The molecule has 0 radical (unpaired) electrons. The number of anilines is 2. The highest BCUT2D eigenvalue weighted by atomic mass is 32.2. The van der Waals surface area contributed by atoms with Crippen LogP contribution in [0.1, 0.15) is 10.4 Å². The SMILES string of the molecule is COc1ccc(S(=O)(=O)N(C)c2ccc(C(=O)Nc3ccc(OC(F)(F)F)cc3)cc2)cc1OC. The maximum absolute atomic E-state index is 13.0. The molecular formula is C23H21F3N2O6S.